The van der Waals surface area contributed by atoms with Crippen molar-refractivity contribution in [3.8, 4) is 0 Å². The monoisotopic (exact) mass is 226 g/mol. The summed E-state index contributed by atoms with van der Waals surface area (Å²) in [5.74, 6) is 4.44. The first-order valence-electron chi connectivity index (χ1n) is 6.52. The van der Waals surface area contributed by atoms with Gasteiger partial charge in [-0.25, -0.2) is 0 Å². The first-order valence-corrected chi connectivity index (χ1v) is 6.52. The quantitative estimate of drug-likeness (QED) is 0.595. The molecule has 1 spiro atoms. The van der Waals surface area contributed by atoms with Crippen LogP contribution in [0.4, 0.5) is 0 Å². The molecule has 0 aliphatic heterocycles. The summed E-state index contributed by atoms with van der Waals surface area (Å²) in [5, 5.41) is 0. The Morgan fingerprint density at radius 3 is 1.67 bits per heavy atom. The zero-order valence-corrected chi connectivity index (χ0v) is 10.0. The van der Waals surface area contributed by atoms with Crippen LogP contribution < -0.4 is 18.1 Å². The van der Waals surface area contributed by atoms with Crippen molar-refractivity contribution in [2.24, 2.45) is 34.8 Å². The molecular weight excluding hydrogens is 206 g/mol. The lowest BCUT2D eigenvalue weighted by Crippen LogP contribution is -3.00. The van der Waals surface area contributed by atoms with Crippen LogP contribution in [-0.4, -0.2) is 6.04 Å². The van der Waals surface area contributed by atoms with Gasteiger partial charge in [0, 0.05) is 6.04 Å². The Morgan fingerprint density at radius 2 is 1.27 bits per heavy atom. The van der Waals surface area contributed by atoms with Crippen molar-refractivity contribution in [3.63, 3.8) is 0 Å². The van der Waals surface area contributed by atoms with Crippen molar-refractivity contribution in [2.75, 3.05) is 0 Å². The summed E-state index contributed by atoms with van der Waals surface area (Å²) in [5.41, 5.74) is 6.80. The molecule has 5 rings (SSSR count). The fourth-order valence-electron chi connectivity index (χ4n) is 5.71. The lowest BCUT2D eigenvalue weighted by atomic mass is 9.39. The van der Waals surface area contributed by atoms with Gasteiger partial charge in [-0.05, 0) is 74.0 Å². The van der Waals surface area contributed by atoms with Crippen molar-refractivity contribution >= 4 is 0 Å². The lowest BCUT2D eigenvalue weighted by Gasteiger charge is -2.66. The van der Waals surface area contributed by atoms with E-state index in [4.69, 9.17) is 5.73 Å². The van der Waals surface area contributed by atoms with Crippen molar-refractivity contribution in [3.05, 3.63) is 0 Å². The maximum atomic E-state index is 6.03. The van der Waals surface area contributed by atoms with Gasteiger partial charge in [-0.2, -0.15) is 0 Å². The van der Waals surface area contributed by atoms with Crippen LogP contribution >= 0.6 is 0 Å². The third kappa shape index (κ3) is 1.20. The molecule has 2 heteroatoms. The molecule has 5 saturated carbocycles. The van der Waals surface area contributed by atoms with Gasteiger partial charge < -0.3 is 18.1 Å². The van der Waals surface area contributed by atoms with Crippen molar-refractivity contribution in [1.29, 1.82) is 0 Å². The summed E-state index contributed by atoms with van der Waals surface area (Å²) in [6.07, 6.45) is 10.6. The highest BCUT2D eigenvalue weighted by Gasteiger charge is 2.60. The Morgan fingerprint density at radius 1 is 0.800 bits per heavy atom. The molecule has 0 atom stereocenters. The molecule has 0 aromatic heterocycles. The van der Waals surface area contributed by atoms with Crippen molar-refractivity contribution in [1.82, 2.24) is 0 Å². The van der Waals surface area contributed by atoms with E-state index in [1.807, 2.05) is 0 Å². The summed E-state index contributed by atoms with van der Waals surface area (Å²) < 4.78 is 0. The molecule has 5 aliphatic carbocycles. The summed E-state index contributed by atoms with van der Waals surface area (Å²) >= 11 is 0. The molecule has 1 nitrogen and oxygen atoms in total. The van der Waals surface area contributed by atoms with Crippen LogP contribution in [-0.2, 0) is 0 Å². The molecule has 5 aliphatic rings. The van der Waals surface area contributed by atoms with Gasteiger partial charge in [-0.15, -0.1) is 0 Å². The van der Waals surface area contributed by atoms with Gasteiger partial charge in [-0.3, -0.25) is 0 Å². The van der Waals surface area contributed by atoms with Gasteiger partial charge in [0.2, 0.25) is 0 Å². The molecule has 0 saturated heterocycles. The zero-order valence-electron chi connectivity index (χ0n) is 9.29. The maximum absolute atomic E-state index is 6.03. The smallest absolute Gasteiger partial charge is 0.00498 e. The van der Waals surface area contributed by atoms with Crippen molar-refractivity contribution < 1.29 is 12.4 Å². The molecule has 15 heavy (non-hydrogen) atoms. The molecule has 4 bridgehead atoms. The van der Waals surface area contributed by atoms with Crippen LogP contribution in [0.3, 0.4) is 0 Å². The van der Waals surface area contributed by atoms with Crippen molar-refractivity contribution in [2.45, 2.75) is 51.0 Å². The standard InChI is InChI=1S/C13H21N.ClH/c14-12-6-13(7-12)10-2-8-1-9(4-10)5-11(13)3-8;/h8-12H,1-7,14H2;1H/p-1. The number of hydrogen-bond acceptors (Lipinski definition) is 1. The molecular formula is C13H21ClN-. The van der Waals surface area contributed by atoms with E-state index in [0.29, 0.717) is 6.04 Å². The number of hydrogen-bond donors (Lipinski definition) is 1. The summed E-state index contributed by atoms with van der Waals surface area (Å²) in [6, 6.07) is 0.563. The van der Waals surface area contributed by atoms with Gasteiger partial charge in [0.25, 0.3) is 0 Å². The zero-order chi connectivity index (χ0) is 9.34. The van der Waals surface area contributed by atoms with E-state index < -0.39 is 0 Å². The molecule has 0 amide bonds. The number of halogens is 1. The molecule has 5 fully saturated rings. The van der Waals surface area contributed by atoms with Crippen LogP contribution in [0.15, 0.2) is 0 Å². The Balaban J connectivity index is 0.000000722. The van der Waals surface area contributed by atoms with Crippen LogP contribution in [0, 0.1) is 29.1 Å². The van der Waals surface area contributed by atoms with E-state index >= 15 is 0 Å². The second-order valence-electron chi connectivity index (χ2n) is 6.71. The molecule has 0 unspecified atom stereocenters. The van der Waals surface area contributed by atoms with E-state index in [0.717, 1.165) is 29.1 Å². The third-order valence-corrected chi connectivity index (χ3v) is 6.05. The topological polar surface area (TPSA) is 26.0 Å². The maximum Gasteiger partial charge on any atom is 0.00498 e. The van der Waals surface area contributed by atoms with E-state index in [9.17, 15) is 0 Å². The Bertz CT molecular complexity index is 240. The minimum atomic E-state index is 0. The first kappa shape index (κ1) is 10.4. The normalized spacial score (nSPS) is 60.2. The van der Waals surface area contributed by atoms with Crippen LogP contribution in [0.5, 0.6) is 0 Å². The Hall–Kier alpha value is 0.250. The average Bonchev–Trinajstić information content (AvgIpc) is 2.08. The van der Waals surface area contributed by atoms with Gasteiger partial charge >= 0.3 is 0 Å². The van der Waals surface area contributed by atoms with E-state index in [1.165, 1.54) is 12.8 Å². The third-order valence-electron chi connectivity index (χ3n) is 6.05. The lowest BCUT2D eigenvalue weighted by molar-refractivity contribution is -0.157. The average molecular weight is 227 g/mol. The largest absolute Gasteiger partial charge is 1.00 e. The second kappa shape index (κ2) is 3.13. The predicted octanol–water partition coefficient (Wildman–Crippen LogP) is -0.446. The highest BCUT2D eigenvalue weighted by Crippen LogP contribution is 2.68. The van der Waals surface area contributed by atoms with Gasteiger partial charge in [0.1, 0.15) is 0 Å². The minimum Gasteiger partial charge on any atom is -1.00 e. The van der Waals surface area contributed by atoms with Gasteiger partial charge in [0.15, 0.2) is 0 Å². The Labute approximate surface area is 98.6 Å². The summed E-state index contributed by atoms with van der Waals surface area (Å²) in [7, 11) is 0. The molecule has 0 aromatic carbocycles. The van der Waals surface area contributed by atoms with Crippen LogP contribution in [0.25, 0.3) is 0 Å². The summed E-state index contributed by atoms with van der Waals surface area (Å²) in [4.78, 5) is 0. The molecule has 0 radical (unpaired) electrons. The number of rotatable bonds is 0. The second-order valence-corrected chi connectivity index (χ2v) is 6.71. The minimum absolute atomic E-state index is 0. The highest BCUT2D eigenvalue weighted by atomic mass is 35.5. The van der Waals surface area contributed by atoms with Crippen LogP contribution in [0.1, 0.15) is 44.9 Å². The van der Waals surface area contributed by atoms with Crippen LogP contribution in [0.2, 0.25) is 0 Å². The fourth-order valence-corrected chi connectivity index (χ4v) is 5.71. The van der Waals surface area contributed by atoms with E-state index in [-0.39, 0.29) is 12.4 Å². The molecule has 0 aromatic rings. The highest BCUT2D eigenvalue weighted by molar-refractivity contribution is 5.12. The predicted molar refractivity (Wildman–Crippen MR) is 56.7 cm³/mol. The molecule has 2 N–H and O–H groups in total. The Kier molecular flexibility index (Phi) is 2.17. The van der Waals surface area contributed by atoms with E-state index in [2.05, 4.69) is 0 Å². The van der Waals surface area contributed by atoms with Gasteiger partial charge in [0.05, 0.1) is 0 Å². The van der Waals surface area contributed by atoms with Gasteiger partial charge in [-0.1, -0.05) is 0 Å². The first-order chi connectivity index (χ1) is 6.76. The SMILES string of the molecule is NC1CC2(C1)C1CC3CC(C1)CC2C3.[Cl-]. The fraction of sp³-hybridized carbons (Fsp3) is 1.00. The number of nitrogens with two attached hydrogens (primary N) is 1. The molecule has 86 valence electrons. The van der Waals surface area contributed by atoms with E-state index in [1.54, 1.807) is 32.1 Å². The summed E-state index contributed by atoms with van der Waals surface area (Å²) in [6.45, 7) is 0. The molecule has 0 heterocycles.